The Hall–Kier alpha value is -0.850. The van der Waals surface area contributed by atoms with E-state index >= 15 is 0 Å². The SMILES string of the molecule is CC(=O)SCC(C)NS(=O)(=O)c1c(C)cc(C)cc1C. The number of carbonyl (C=O) groups is 1. The quantitative estimate of drug-likeness (QED) is 0.907. The van der Waals surface area contributed by atoms with Gasteiger partial charge in [0.1, 0.15) is 0 Å². The Balaban J connectivity index is 2.97. The monoisotopic (exact) mass is 315 g/mol. The van der Waals surface area contributed by atoms with E-state index in [1.807, 2.05) is 19.1 Å². The largest absolute Gasteiger partial charge is 0.288 e. The van der Waals surface area contributed by atoms with E-state index < -0.39 is 10.0 Å². The Kier molecular flexibility index (Phi) is 5.79. The van der Waals surface area contributed by atoms with Gasteiger partial charge in [-0.3, -0.25) is 4.79 Å². The average molecular weight is 315 g/mol. The van der Waals surface area contributed by atoms with Crippen molar-refractivity contribution < 1.29 is 13.2 Å². The van der Waals surface area contributed by atoms with Gasteiger partial charge in [-0.1, -0.05) is 29.5 Å². The van der Waals surface area contributed by atoms with Crippen LogP contribution in [0.15, 0.2) is 17.0 Å². The first kappa shape index (κ1) is 17.2. The molecule has 0 saturated heterocycles. The van der Waals surface area contributed by atoms with Crippen LogP contribution in [-0.2, 0) is 14.8 Å². The molecule has 20 heavy (non-hydrogen) atoms. The molecule has 1 rings (SSSR count). The zero-order chi connectivity index (χ0) is 15.5. The molecule has 6 heteroatoms. The zero-order valence-corrected chi connectivity index (χ0v) is 14.1. The number of hydrogen-bond donors (Lipinski definition) is 1. The first-order chi connectivity index (χ1) is 9.13. The fourth-order valence-electron chi connectivity index (χ4n) is 2.19. The fraction of sp³-hybridized carbons (Fsp3) is 0.500. The summed E-state index contributed by atoms with van der Waals surface area (Å²) in [4.78, 5) is 11.3. The van der Waals surface area contributed by atoms with Crippen molar-refractivity contribution in [2.75, 3.05) is 5.75 Å². The topological polar surface area (TPSA) is 63.2 Å². The molecule has 112 valence electrons. The number of benzene rings is 1. The number of nitrogens with one attached hydrogen (secondary N) is 1. The van der Waals surface area contributed by atoms with Gasteiger partial charge in [0.2, 0.25) is 10.0 Å². The smallest absolute Gasteiger partial charge is 0.241 e. The van der Waals surface area contributed by atoms with Gasteiger partial charge in [-0.25, -0.2) is 13.1 Å². The van der Waals surface area contributed by atoms with Gasteiger partial charge in [0, 0.05) is 18.7 Å². The molecule has 1 unspecified atom stereocenters. The van der Waals surface area contributed by atoms with Crippen LogP contribution < -0.4 is 4.72 Å². The molecule has 0 bridgehead atoms. The van der Waals surface area contributed by atoms with Crippen LogP contribution in [-0.4, -0.2) is 25.3 Å². The predicted molar refractivity (Wildman–Crippen MR) is 83.6 cm³/mol. The first-order valence-corrected chi connectivity index (χ1v) is 8.84. The van der Waals surface area contributed by atoms with E-state index in [0.29, 0.717) is 10.6 Å². The Labute approximate surface area is 125 Å². The van der Waals surface area contributed by atoms with Gasteiger partial charge < -0.3 is 0 Å². The molecule has 0 aromatic heterocycles. The first-order valence-electron chi connectivity index (χ1n) is 6.37. The lowest BCUT2D eigenvalue weighted by atomic mass is 10.1. The van der Waals surface area contributed by atoms with Crippen molar-refractivity contribution in [3.63, 3.8) is 0 Å². The summed E-state index contributed by atoms with van der Waals surface area (Å²) in [6, 6.07) is 3.42. The number of sulfonamides is 1. The molecule has 0 saturated carbocycles. The summed E-state index contributed by atoms with van der Waals surface area (Å²) in [5.74, 6) is 0.429. The molecule has 0 spiro atoms. The van der Waals surface area contributed by atoms with E-state index in [9.17, 15) is 13.2 Å². The van der Waals surface area contributed by atoms with E-state index in [1.54, 1.807) is 20.8 Å². The minimum Gasteiger partial charge on any atom is -0.288 e. The van der Waals surface area contributed by atoms with E-state index in [2.05, 4.69) is 4.72 Å². The van der Waals surface area contributed by atoms with Crippen molar-refractivity contribution in [3.8, 4) is 0 Å². The molecule has 1 atom stereocenters. The van der Waals surface area contributed by atoms with Crippen molar-refractivity contribution in [2.45, 2.75) is 45.6 Å². The number of aryl methyl sites for hydroxylation is 3. The maximum atomic E-state index is 12.4. The zero-order valence-electron chi connectivity index (χ0n) is 12.5. The second-order valence-corrected chi connectivity index (χ2v) is 7.90. The van der Waals surface area contributed by atoms with Gasteiger partial charge in [0.05, 0.1) is 4.90 Å². The van der Waals surface area contributed by atoms with Crippen LogP contribution in [0, 0.1) is 20.8 Å². The normalized spacial score (nSPS) is 13.2. The highest BCUT2D eigenvalue weighted by molar-refractivity contribution is 8.13. The second-order valence-electron chi connectivity index (χ2n) is 5.05. The molecule has 0 aliphatic rings. The predicted octanol–water partition coefficient (Wildman–Crippen LogP) is 2.56. The third-order valence-corrected chi connectivity index (χ3v) is 5.73. The lowest BCUT2D eigenvalue weighted by Crippen LogP contribution is -2.35. The summed E-state index contributed by atoms with van der Waals surface area (Å²) in [5, 5.41) is -0.0151. The fourth-order valence-corrected chi connectivity index (χ4v) is 4.56. The summed E-state index contributed by atoms with van der Waals surface area (Å²) in [5.41, 5.74) is 2.52. The summed E-state index contributed by atoms with van der Waals surface area (Å²) < 4.78 is 27.5. The Bertz CT molecular complexity index is 586. The maximum Gasteiger partial charge on any atom is 0.241 e. The summed E-state index contributed by atoms with van der Waals surface area (Å²) in [6.07, 6.45) is 0. The molecule has 1 aromatic rings. The number of hydrogen-bond acceptors (Lipinski definition) is 4. The van der Waals surface area contributed by atoms with Gasteiger partial charge in [-0.15, -0.1) is 0 Å². The van der Waals surface area contributed by atoms with E-state index in [-0.39, 0.29) is 11.2 Å². The molecule has 0 radical (unpaired) electrons. The minimum absolute atomic E-state index is 0.0151. The number of thioether (sulfide) groups is 1. The third-order valence-electron chi connectivity index (χ3n) is 2.77. The van der Waals surface area contributed by atoms with Gasteiger partial charge in [-0.2, -0.15) is 0 Å². The molecule has 0 aliphatic carbocycles. The summed E-state index contributed by atoms with van der Waals surface area (Å²) >= 11 is 1.12. The van der Waals surface area contributed by atoms with Gasteiger partial charge >= 0.3 is 0 Å². The van der Waals surface area contributed by atoms with Crippen molar-refractivity contribution in [1.82, 2.24) is 4.72 Å². The molecule has 1 N–H and O–H groups in total. The summed E-state index contributed by atoms with van der Waals surface area (Å²) in [7, 11) is -3.56. The molecular formula is C14H21NO3S2. The van der Waals surface area contributed by atoms with Crippen LogP contribution in [0.3, 0.4) is 0 Å². The van der Waals surface area contributed by atoms with E-state index in [1.165, 1.54) is 6.92 Å². The molecule has 0 aliphatic heterocycles. The van der Waals surface area contributed by atoms with Crippen LogP contribution >= 0.6 is 11.8 Å². The van der Waals surface area contributed by atoms with E-state index in [4.69, 9.17) is 0 Å². The lowest BCUT2D eigenvalue weighted by molar-refractivity contribution is -0.109. The van der Waals surface area contributed by atoms with Gasteiger partial charge in [0.15, 0.2) is 5.12 Å². The molecule has 4 nitrogen and oxygen atoms in total. The Morgan fingerprint density at radius 1 is 1.25 bits per heavy atom. The van der Waals surface area contributed by atoms with Crippen molar-refractivity contribution >= 4 is 26.9 Å². The Morgan fingerprint density at radius 3 is 2.20 bits per heavy atom. The highest BCUT2D eigenvalue weighted by Crippen LogP contribution is 2.22. The van der Waals surface area contributed by atoms with Crippen LogP contribution in [0.25, 0.3) is 0 Å². The minimum atomic E-state index is -3.56. The van der Waals surface area contributed by atoms with Crippen LogP contribution in [0.2, 0.25) is 0 Å². The number of rotatable bonds is 5. The molecule has 0 fully saturated rings. The Morgan fingerprint density at radius 2 is 1.75 bits per heavy atom. The standard InChI is InChI=1S/C14H21NO3S2/c1-9-6-10(2)14(11(3)7-9)20(17,18)15-12(4)8-19-13(5)16/h6-7,12,15H,8H2,1-5H3. The highest BCUT2D eigenvalue weighted by atomic mass is 32.2. The third kappa shape index (κ3) is 4.61. The second kappa shape index (κ2) is 6.74. The molecule has 0 heterocycles. The van der Waals surface area contributed by atoms with Crippen LogP contribution in [0.4, 0.5) is 0 Å². The molecule has 0 amide bonds. The van der Waals surface area contributed by atoms with Crippen LogP contribution in [0.1, 0.15) is 30.5 Å². The van der Waals surface area contributed by atoms with Crippen LogP contribution in [0.5, 0.6) is 0 Å². The average Bonchev–Trinajstić information content (AvgIpc) is 2.23. The van der Waals surface area contributed by atoms with Crippen molar-refractivity contribution in [2.24, 2.45) is 0 Å². The number of carbonyl (C=O) groups excluding carboxylic acids is 1. The van der Waals surface area contributed by atoms with Crippen molar-refractivity contribution in [1.29, 1.82) is 0 Å². The highest BCUT2D eigenvalue weighted by Gasteiger charge is 2.22. The van der Waals surface area contributed by atoms with E-state index in [0.717, 1.165) is 28.5 Å². The van der Waals surface area contributed by atoms with Gasteiger partial charge in [0.25, 0.3) is 0 Å². The van der Waals surface area contributed by atoms with Gasteiger partial charge in [-0.05, 0) is 38.8 Å². The summed E-state index contributed by atoms with van der Waals surface area (Å²) in [6.45, 7) is 8.76. The lowest BCUT2D eigenvalue weighted by Gasteiger charge is -2.16. The molecule has 1 aromatic carbocycles. The van der Waals surface area contributed by atoms with Crippen molar-refractivity contribution in [3.05, 3.63) is 28.8 Å². The maximum absolute atomic E-state index is 12.4. The molecular weight excluding hydrogens is 294 g/mol.